The summed E-state index contributed by atoms with van der Waals surface area (Å²) in [5.41, 5.74) is 2.30. The van der Waals surface area contributed by atoms with Crippen LogP contribution >= 0.6 is 0 Å². The molecule has 0 radical (unpaired) electrons. The summed E-state index contributed by atoms with van der Waals surface area (Å²) in [4.78, 5) is 24.5. The van der Waals surface area contributed by atoms with Crippen LogP contribution in [0.15, 0.2) is 47.4 Å². The van der Waals surface area contributed by atoms with Crippen LogP contribution in [-0.4, -0.2) is 44.3 Å². The van der Waals surface area contributed by atoms with Gasteiger partial charge in [0, 0.05) is 13.1 Å². The number of benzene rings is 2. The Labute approximate surface area is 197 Å². The topological polar surface area (TPSA) is 92.8 Å². The van der Waals surface area contributed by atoms with Crippen molar-refractivity contribution in [1.82, 2.24) is 9.62 Å². The van der Waals surface area contributed by atoms with E-state index in [1.807, 2.05) is 24.3 Å². The van der Waals surface area contributed by atoms with Crippen molar-refractivity contribution in [3.63, 3.8) is 0 Å². The zero-order chi connectivity index (χ0) is 24.3. The van der Waals surface area contributed by atoms with E-state index in [1.165, 1.54) is 5.56 Å². The number of sulfonamides is 1. The van der Waals surface area contributed by atoms with Crippen LogP contribution in [0.25, 0.3) is 0 Å². The molecule has 1 aliphatic heterocycles. The van der Waals surface area contributed by atoms with Crippen LogP contribution in [0.5, 0.6) is 0 Å². The first-order valence-electron chi connectivity index (χ1n) is 11.2. The minimum absolute atomic E-state index is 0.0339. The van der Waals surface area contributed by atoms with E-state index in [0.29, 0.717) is 6.07 Å². The number of nitrogens with zero attached hydrogens (tertiary/aromatic N) is 1. The molecule has 0 aromatic heterocycles. The van der Waals surface area contributed by atoms with Gasteiger partial charge in [0.2, 0.25) is 10.0 Å². The van der Waals surface area contributed by atoms with Gasteiger partial charge >= 0.3 is 5.97 Å². The Balaban J connectivity index is 1.26. The zero-order valence-corrected chi connectivity index (χ0v) is 19.3. The number of carbonyl (C=O) groups excluding carboxylic acids is 2. The number of aryl methyl sites for hydroxylation is 1. The fourth-order valence-electron chi connectivity index (χ4n) is 4.51. The van der Waals surface area contributed by atoms with Gasteiger partial charge < -0.3 is 10.1 Å². The molecule has 1 saturated heterocycles. The van der Waals surface area contributed by atoms with E-state index >= 15 is 0 Å². The molecule has 1 aliphatic carbocycles. The van der Waals surface area contributed by atoms with Crippen molar-refractivity contribution >= 4 is 21.9 Å². The van der Waals surface area contributed by atoms with E-state index in [4.69, 9.17) is 4.74 Å². The summed E-state index contributed by atoms with van der Waals surface area (Å²) in [6, 6.07) is 10.3. The SMILES string of the molecule is O=C(COC(=O)C1CCN(S(=O)(=O)c2ccc(F)c(F)c2)CC1)NC1CCCc2ccccc21. The van der Waals surface area contributed by atoms with Crippen molar-refractivity contribution in [2.24, 2.45) is 5.92 Å². The summed E-state index contributed by atoms with van der Waals surface area (Å²) in [6.45, 7) is -0.330. The normalized spacial score (nSPS) is 19.3. The number of hydrogen-bond acceptors (Lipinski definition) is 5. The van der Waals surface area contributed by atoms with Crippen molar-refractivity contribution in [3.05, 3.63) is 65.2 Å². The van der Waals surface area contributed by atoms with Gasteiger partial charge in [0.1, 0.15) is 0 Å². The maximum Gasteiger partial charge on any atom is 0.309 e. The Hall–Kier alpha value is -2.85. The quantitative estimate of drug-likeness (QED) is 0.626. The Kier molecular flexibility index (Phi) is 7.27. The Morgan fingerprint density at radius 1 is 1.03 bits per heavy atom. The maximum absolute atomic E-state index is 13.5. The average molecular weight is 493 g/mol. The van der Waals surface area contributed by atoms with Crippen molar-refractivity contribution in [3.8, 4) is 0 Å². The highest BCUT2D eigenvalue weighted by molar-refractivity contribution is 7.89. The van der Waals surface area contributed by atoms with Crippen molar-refractivity contribution < 1.29 is 31.5 Å². The molecule has 1 unspecified atom stereocenters. The minimum Gasteiger partial charge on any atom is -0.455 e. The van der Waals surface area contributed by atoms with Gasteiger partial charge in [-0.3, -0.25) is 9.59 Å². The van der Waals surface area contributed by atoms with E-state index in [1.54, 1.807) is 0 Å². The van der Waals surface area contributed by atoms with Crippen molar-refractivity contribution in [2.45, 2.75) is 43.0 Å². The number of nitrogens with one attached hydrogen (secondary N) is 1. The summed E-state index contributed by atoms with van der Waals surface area (Å²) < 4.78 is 58.3. The van der Waals surface area contributed by atoms with Gasteiger partial charge in [-0.25, -0.2) is 17.2 Å². The summed E-state index contributed by atoms with van der Waals surface area (Å²) in [5, 5.41) is 2.93. The van der Waals surface area contributed by atoms with E-state index in [0.717, 1.165) is 41.3 Å². The predicted octanol–water partition coefficient (Wildman–Crippen LogP) is 3.10. The molecule has 4 rings (SSSR count). The molecule has 2 aliphatic rings. The Morgan fingerprint density at radius 2 is 1.76 bits per heavy atom. The van der Waals surface area contributed by atoms with Gasteiger partial charge in [-0.1, -0.05) is 24.3 Å². The predicted molar refractivity (Wildman–Crippen MR) is 119 cm³/mol. The lowest BCUT2D eigenvalue weighted by molar-refractivity contribution is -0.153. The molecule has 0 bridgehead atoms. The van der Waals surface area contributed by atoms with Gasteiger partial charge in [-0.15, -0.1) is 0 Å². The van der Waals surface area contributed by atoms with E-state index in [-0.39, 0.29) is 42.8 Å². The monoisotopic (exact) mass is 492 g/mol. The maximum atomic E-state index is 13.5. The summed E-state index contributed by atoms with van der Waals surface area (Å²) >= 11 is 0. The van der Waals surface area contributed by atoms with E-state index < -0.39 is 40.2 Å². The highest BCUT2D eigenvalue weighted by Crippen LogP contribution is 2.29. The number of esters is 1. The molecule has 1 atom stereocenters. The third kappa shape index (κ3) is 5.28. The van der Waals surface area contributed by atoms with Crippen molar-refractivity contribution in [2.75, 3.05) is 19.7 Å². The molecule has 7 nitrogen and oxygen atoms in total. The van der Waals surface area contributed by atoms with Crippen LogP contribution < -0.4 is 5.32 Å². The highest BCUT2D eigenvalue weighted by Gasteiger charge is 2.33. The largest absolute Gasteiger partial charge is 0.455 e. The number of piperidine rings is 1. The lowest BCUT2D eigenvalue weighted by atomic mass is 9.88. The average Bonchev–Trinajstić information content (AvgIpc) is 2.84. The zero-order valence-electron chi connectivity index (χ0n) is 18.5. The van der Waals surface area contributed by atoms with Crippen molar-refractivity contribution in [1.29, 1.82) is 0 Å². The number of fused-ring (bicyclic) bond motifs is 1. The van der Waals surface area contributed by atoms with Gasteiger partial charge in [-0.05, 0) is 61.4 Å². The molecule has 10 heteroatoms. The smallest absolute Gasteiger partial charge is 0.309 e. The van der Waals surface area contributed by atoms with Gasteiger partial charge in [0.05, 0.1) is 16.9 Å². The third-order valence-corrected chi connectivity index (χ3v) is 8.26. The first-order valence-corrected chi connectivity index (χ1v) is 12.7. The van der Waals surface area contributed by atoms with Crippen LogP contribution in [0, 0.1) is 17.6 Å². The molecular formula is C24H26F2N2O5S. The molecule has 1 fully saturated rings. The second-order valence-corrected chi connectivity index (χ2v) is 10.5. The van der Waals surface area contributed by atoms with E-state index in [9.17, 15) is 26.8 Å². The second-order valence-electron chi connectivity index (χ2n) is 8.57. The fraction of sp³-hybridized carbons (Fsp3) is 0.417. The number of amides is 1. The number of rotatable bonds is 6. The Morgan fingerprint density at radius 3 is 2.50 bits per heavy atom. The lowest BCUT2D eigenvalue weighted by Crippen LogP contribution is -2.41. The molecular weight excluding hydrogens is 466 g/mol. The minimum atomic E-state index is -4.01. The molecule has 1 amide bonds. The first kappa shape index (κ1) is 24.3. The molecule has 1 heterocycles. The first-order chi connectivity index (χ1) is 16.3. The number of carbonyl (C=O) groups is 2. The van der Waals surface area contributed by atoms with Crippen LogP contribution in [0.3, 0.4) is 0 Å². The molecule has 1 N–H and O–H groups in total. The third-order valence-electron chi connectivity index (χ3n) is 6.37. The number of hydrogen-bond donors (Lipinski definition) is 1. The molecule has 2 aromatic carbocycles. The lowest BCUT2D eigenvalue weighted by Gasteiger charge is -2.30. The van der Waals surface area contributed by atoms with Gasteiger partial charge in [-0.2, -0.15) is 4.31 Å². The molecule has 0 spiro atoms. The van der Waals surface area contributed by atoms with Gasteiger partial charge in [0.25, 0.3) is 5.91 Å². The van der Waals surface area contributed by atoms with Gasteiger partial charge in [0.15, 0.2) is 18.2 Å². The number of ether oxygens (including phenoxy) is 1. The molecule has 182 valence electrons. The summed E-state index contributed by atoms with van der Waals surface area (Å²) in [7, 11) is -4.01. The fourth-order valence-corrected chi connectivity index (χ4v) is 5.99. The summed E-state index contributed by atoms with van der Waals surface area (Å²) in [6.07, 6.45) is 3.18. The molecule has 0 saturated carbocycles. The summed E-state index contributed by atoms with van der Waals surface area (Å²) in [5.74, 6) is -3.84. The highest BCUT2D eigenvalue weighted by atomic mass is 32.2. The second kappa shape index (κ2) is 10.2. The number of halogens is 2. The molecule has 2 aromatic rings. The van der Waals surface area contributed by atoms with Crippen LogP contribution in [0.4, 0.5) is 8.78 Å². The van der Waals surface area contributed by atoms with Crippen LogP contribution in [-0.2, 0) is 30.8 Å². The van der Waals surface area contributed by atoms with Crippen LogP contribution in [0.2, 0.25) is 0 Å². The van der Waals surface area contributed by atoms with E-state index in [2.05, 4.69) is 5.32 Å². The Bertz CT molecular complexity index is 1180. The van der Waals surface area contributed by atoms with Crippen LogP contribution in [0.1, 0.15) is 42.9 Å². The molecule has 34 heavy (non-hydrogen) atoms. The standard InChI is InChI=1S/C24H26F2N2O5S/c25-20-9-8-18(14-21(20)26)34(31,32)28-12-10-17(11-13-28)24(30)33-15-23(29)27-22-7-3-5-16-4-1-2-6-19(16)22/h1-2,4,6,8-9,14,17,22H,3,5,7,10-13,15H2,(H,27,29).